The summed E-state index contributed by atoms with van der Waals surface area (Å²) in [6, 6.07) is 3.10. The van der Waals surface area contributed by atoms with E-state index in [-0.39, 0.29) is 11.6 Å². The summed E-state index contributed by atoms with van der Waals surface area (Å²) in [5.74, 6) is 0.277. The van der Waals surface area contributed by atoms with Crippen LogP contribution in [0, 0.1) is 0 Å². The van der Waals surface area contributed by atoms with Crippen molar-refractivity contribution in [3.05, 3.63) is 18.3 Å². The molecule has 0 aliphatic carbocycles. The molecule has 0 aliphatic heterocycles. The summed E-state index contributed by atoms with van der Waals surface area (Å²) in [7, 11) is -1.82. The summed E-state index contributed by atoms with van der Waals surface area (Å²) in [5.41, 5.74) is 5.92. The van der Waals surface area contributed by atoms with E-state index < -0.39 is 10.0 Å². The highest BCUT2D eigenvalue weighted by atomic mass is 32.2. The molecule has 3 N–H and O–H groups in total. The third kappa shape index (κ3) is 4.45. The maximum Gasteiger partial charge on any atom is 0.233 e. The van der Waals surface area contributed by atoms with Gasteiger partial charge in [-0.05, 0) is 18.6 Å². The lowest BCUT2D eigenvalue weighted by Gasteiger charge is -2.06. The van der Waals surface area contributed by atoms with Gasteiger partial charge >= 0.3 is 0 Å². The number of anilines is 2. The molecular formula is C9H15N3O3S. The van der Waals surface area contributed by atoms with E-state index in [2.05, 4.69) is 9.71 Å². The van der Waals surface area contributed by atoms with Crippen molar-refractivity contribution in [3.8, 4) is 0 Å². The Morgan fingerprint density at radius 1 is 1.50 bits per heavy atom. The largest absolute Gasteiger partial charge is 0.397 e. The predicted octanol–water partition coefficient (Wildman–Crippen LogP) is 0.442. The zero-order valence-corrected chi connectivity index (χ0v) is 9.83. The number of hydrogen-bond acceptors (Lipinski definition) is 5. The van der Waals surface area contributed by atoms with Crippen LogP contribution in [-0.4, -0.2) is 32.9 Å². The standard InChI is InChI=1S/C9H15N3O3S/c1-15-5-2-6-16(13,14)12-9-4-3-8(10)7-11-9/h3-4,7H,2,5-6,10H2,1H3,(H,11,12). The molecule has 0 aromatic carbocycles. The number of nitrogen functional groups attached to an aromatic ring is 1. The Morgan fingerprint density at radius 2 is 2.25 bits per heavy atom. The summed E-state index contributed by atoms with van der Waals surface area (Å²) in [5, 5.41) is 0. The van der Waals surface area contributed by atoms with Crippen molar-refractivity contribution in [2.24, 2.45) is 0 Å². The average molecular weight is 245 g/mol. The number of aromatic nitrogens is 1. The molecule has 0 amide bonds. The Morgan fingerprint density at radius 3 is 2.81 bits per heavy atom. The second-order valence-corrected chi connectivity index (χ2v) is 5.09. The van der Waals surface area contributed by atoms with Crippen molar-refractivity contribution in [3.63, 3.8) is 0 Å². The molecule has 16 heavy (non-hydrogen) atoms. The molecule has 0 aliphatic rings. The molecular weight excluding hydrogens is 230 g/mol. The van der Waals surface area contributed by atoms with Crippen LogP contribution in [0.3, 0.4) is 0 Å². The number of pyridine rings is 1. The van der Waals surface area contributed by atoms with Gasteiger partial charge in [-0.2, -0.15) is 0 Å². The van der Waals surface area contributed by atoms with Gasteiger partial charge in [-0.25, -0.2) is 13.4 Å². The Bertz CT molecular complexity index is 416. The monoisotopic (exact) mass is 245 g/mol. The van der Waals surface area contributed by atoms with E-state index in [4.69, 9.17) is 10.5 Å². The minimum atomic E-state index is -3.35. The number of hydrogen-bond donors (Lipinski definition) is 2. The molecule has 0 radical (unpaired) electrons. The van der Waals surface area contributed by atoms with E-state index >= 15 is 0 Å². The first-order chi connectivity index (χ1) is 7.53. The number of ether oxygens (including phenoxy) is 1. The third-order valence-electron chi connectivity index (χ3n) is 1.81. The molecule has 1 aromatic rings. The van der Waals surface area contributed by atoms with E-state index in [1.165, 1.54) is 19.4 Å². The van der Waals surface area contributed by atoms with Gasteiger partial charge < -0.3 is 10.5 Å². The molecule has 0 spiro atoms. The molecule has 1 heterocycles. The fraction of sp³-hybridized carbons (Fsp3) is 0.444. The smallest absolute Gasteiger partial charge is 0.233 e. The van der Waals surface area contributed by atoms with Crippen molar-refractivity contribution in [2.45, 2.75) is 6.42 Å². The zero-order valence-electron chi connectivity index (χ0n) is 9.01. The van der Waals surface area contributed by atoms with E-state index in [0.717, 1.165) is 0 Å². The topological polar surface area (TPSA) is 94.3 Å². The molecule has 1 aromatic heterocycles. The van der Waals surface area contributed by atoms with Crippen LogP contribution < -0.4 is 10.5 Å². The highest BCUT2D eigenvalue weighted by Gasteiger charge is 2.10. The Hall–Kier alpha value is -1.34. The Labute approximate surface area is 94.9 Å². The third-order valence-corrected chi connectivity index (χ3v) is 3.15. The first-order valence-corrected chi connectivity index (χ1v) is 6.40. The lowest BCUT2D eigenvalue weighted by Crippen LogP contribution is -2.18. The molecule has 0 bridgehead atoms. The van der Waals surface area contributed by atoms with Crippen molar-refractivity contribution < 1.29 is 13.2 Å². The van der Waals surface area contributed by atoms with E-state index in [1.54, 1.807) is 6.07 Å². The quantitative estimate of drug-likeness (QED) is 0.709. The SMILES string of the molecule is COCCCS(=O)(=O)Nc1ccc(N)cn1. The molecule has 0 saturated heterocycles. The van der Waals surface area contributed by atoms with E-state index in [1.807, 2.05) is 0 Å². The molecule has 7 heteroatoms. The second kappa shape index (κ2) is 5.66. The van der Waals surface area contributed by atoms with Crippen LogP contribution in [0.2, 0.25) is 0 Å². The van der Waals surface area contributed by atoms with Crippen LogP contribution in [-0.2, 0) is 14.8 Å². The minimum Gasteiger partial charge on any atom is -0.397 e. The van der Waals surface area contributed by atoms with Crippen LogP contribution in [0.1, 0.15) is 6.42 Å². The van der Waals surface area contributed by atoms with Gasteiger partial charge in [-0.3, -0.25) is 4.72 Å². The highest BCUT2D eigenvalue weighted by Crippen LogP contribution is 2.08. The molecule has 0 fully saturated rings. The molecule has 6 nitrogen and oxygen atoms in total. The summed E-state index contributed by atoms with van der Waals surface area (Å²) in [6.07, 6.45) is 1.84. The predicted molar refractivity (Wildman–Crippen MR) is 62.6 cm³/mol. The lowest BCUT2D eigenvalue weighted by molar-refractivity contribution is 0.199. The molecule has 0 unspecified atom stereocenters. The lowest BCUT2D eigenvalue weighted by atomic mass is 10.4. The van der Waals surface area contributed by atoms with Crippen LogP contribution in [0.15, 0.2) is 18.3 Å². The van der Waals surface area contributed by atoms with Gasteiger partial charge in [0.2, 0.25) is 10.0 Å². The van der Waals surface area contributed by atoms with E-state index in [0.29, 0.717) is 18.7 Å². The minimum absolute atomic E-state index is 0.00684. The number of methoxy groups -OCH3 is 1. The molecule has 0 saturated carbocycles. The fourth-order valence-corrected chi connectivity index (χ4v) is 2.11. The van der Waals surface area contributed by atoms with Crippen LogP contribution in [0.5, 0.6) is 0 Å². The van der Waals surface area contributed by atoms with Crippen LogP contribution in [0.4, 0.5) is 11.5 Å². The molecule has 90 valence electrons. The second-order valence-electron chi connectivity index (χ2n) is 3.24. The van der Waals surface area contributed by atoms with Gasteiger partial charge in [0.25, 0.3) is 0 Å². The van der Waals surface area contributed by atoms with Crippen molar-refractivity contribution >= 4 is 21.5 Å². The van der Waals surface area contributed by atoms with Gasteiger partial charge in [0, 0.05) is 13.7 Å². The van der Waals surface area contributed by atoms with Gasteiger partial charge in [0.05, 0.1) is 17.6 Å². The maximum absolute atomic E-state index is 11.5. The number of nitrogens with one attached hydrogen (secondary N) is 1. The van der Waals surface area contributed by atoms with Gasteiger partial charge in [-0.1, -0.05) is 0 Å². The summed E-state index contributed by atoms with van der Waals surface area (Å²) < 4.78 is 30.2. The maximum atomic E-state index is 11.5. The van der Waals surface area contributed by atoms with Crippen LogP contribution >= 0.6 is 0 Å². The number of sulfonamides is 1. The highest BCUT2D eigenvalue weighted by molar-refractivity contribution is 7.92. The van der Waals surface area contributed by atoms with E-state index in [9.17, 15) is 8.42 Å². The van der Waals surface area contributed by atoms with Crippen LogP contribution in [0.25, 0.3) is 0 Å². The number of rotatable bonds is 6. The van der Waals surface area contributed by atoms with Gasteiger partial charge in [0.15, 0.2) is 0 Å². The average Bonchev–Trinajstić information content (AvgIpc) is 2.21. The van der Waals surface area contributed by atoms with Crippen molar-refractivity contribution in [1.29, 1.82) is 0 Å². The Balaban J connectivity index is 2.55. The first-order valence-electron chi connectivity index (χ1n) is 4.74. The zero-order chi connectivity index (χ0) is 12.0. The van der Waals surface area contributed by atoms with Gasteiger partial charge in [-0.15, -0.1) is 0 Å². The Kier molecular flexibility index (Phi) is 4.51. The fourth-order valence-electron chi connectivity index (χ4n) is 1.07. The normalized spacial score (nSPS) is 11.3. The number of nitrogens with zero attached hydrogens (tertiary/aromatic N) is 1. The van der Waals surface area contributed by atoms with Gasteiger partial charge in [0.1, 0.15) is 5.82 Å². The first kappa shape index (κ1) is 12.7. The van der Waals surface area contributed by atoms with Crippen molar-refractivity contribution in [2.75, 3.05) is 29.9 Å². The summed E-state index contributed by atoms with van der Waals surface area (Å²) >= 11 is 0. The molecule has 1 rings (SSSR count). The summed E-state index contributed by atoms with van der Waals surface area (Å²) in [4.78, 5) is 3.85. The molecule has 0 atom stereocenters. The van der Waals surface area contributed by atoms with Crippen molar-refractivity contribution in [1.82, 2.24) is 4.98 Å². The summed E-state index contributed by atoms with van der Waals surface area (Å²) in [6.45, 7) is 0.413. The number of nitrogens with two attached hydrogens (primary N) is 1.